The fourth-order valence-electron chi connectivity index (χ4n) is 2.63. The number of nitrogens with zero attached hydrogens (tertiary/aromatic N) is 1. The third-order valence-corrected chi connectivity index (χ3v) is 5.19. The lowest BCUT2D eigenvalue weighted by molar-refractivity contribution is -0.116. The number of fused-ring (bicyclic) bond motifs is 1. The lowest BCUT2D eigenvalue weighted by Gasteiger charge is -2.09. The van der Waals surface area contributed by atoms with Gasteiger partial charge in [0.05, 0.1) is 5.69 Å². The molecule has 1 aromatic heterocycles. The third-order valence-electron chi connectivity index (χ3n) is 3.84. The van der Waals surface area contributed by atoms with Crippen molar-refractivity contribution in [1.82, 2.24) is 5.16 Å². The molecular weight excluding hydrogens is 332 g/mol. The Balaban J connectivity index is 1.41. The molecule has 0 spiro atoms. The maximum Gasteiger partial charge on any atom is 0.234 e. The standard InChI is InChI=1S/C17H19ClN2O2S/c18-12-7-9-13(10-8-12)23-11-3-6-16(21)19-17-14-4-1-2-5-15(14)20-22-17/h7-10H,1-6,11H2,(H,19,21). The number of nitrogens with one attached hydrogen (secondary N) is 1. The molecule has 1 N–H and O–H groups in total. The summed E-state index contributed by atoms with van der Waals surface area (Å²) in [6.07, 6.45) is 5.47. The number of hydrogen-bond acceptors (Lipinski definition) is 4. The van der Waals surface area contributed by atoms with Gasteiger partial charge in [-0.05, 0) is 62.1 Å². The number of hydrogen-bond donors (Lipinski definition) is 1. The summed E-state index contributed by atoms with van der Waals surface area (Å²) in [5.41, 5.74) is 2.09. The molecule has 0 aliphatic heterocycles. The summed E-state index contributed by atoms with van der Waals surface area (Å²) in [5.74, 6) is 1.44. The van der Waals surface area contributed by atoms with Crippen LogP contribution in [0.2, 0.25) is 5.02 Å². The van der Waals surface area contributed by atoms with Crippen LogP contribution in [0.4, 0.5) is 5.88 Å². The van der Waals surface area contributed by atoms with Gasteiger partial charge in [0.15, 0.2) is 0 Å². The number of halogens is 1. The Morgan fingerprint density at radius 1 is 1.26 bits per heavy atom. The zero-order valence-corrected chi connectivity index (χ0v) is 14.4. The summed E-state index contributed by atoms with van der Waals surface area (Å²) in [5, 5.41) is 7.65. The van der Waals surface area contributed by atoms with E-state index in [0.717, 1.165) is 54.1 Å². The fourth-order valence-corrected chi connectivity index (χ4v) is 3.61. The van der Waals surface area contributed by atoms with Crippen LogP contribution in [0.15, 0.2) is 33.7 Å². The van der Waals surface area contributed by atoms with Gasteiger partial charge >= 0.3 is 0 Å². The zero-order chi connectivity index (χ0) is 16.1. The highest BCUT2D eigenvalue weighted by atomic mass is 35.5. The largest absolute Gasteiger partial charge is 0.338 e. The second-order valence-corrected chi connectivity index (χ2v) is 7.20. The van der Waals surface area contributed by atoms with E-state index < -0.39 is 0 Å². The lowest BCUT2D eigenvalue weighted by Crippen LogP contribution is -2.13. The van der Waals surface area contributed by atoms with Crippen molar-refractivity contribution in [3.63, 3.8) is 0 Å². The predicted molar refractivity (Wildman–Crippen MR) is 93.2 cm³/mol. The van der Waals surface area contributed by atoms with Crippen molar-refractivity contribution in [3.05, 3.63) is 40.5 Å². The summed E-state index contributed by atoms with van der Waals surface area (Å²) in [7, 11) is 0. The van der Waals surface area contributed by atoms with Gasteiger partial charge in [-0.3, -0.25) is 10.1 Å². The Kier molecular flexibility index (Phi) is 5.62. The molecule has 23 heavy (non-hydrogen) atoms. The lowest BCUT2D eigenvalue weighted by atomic mass is 9.98. The van der Waals surface area contributed by atoms with Crippen LogP contribution >= 0.6 is 23.4 Å². The molecule has 3 rings (SSSR count). The highest BCUT2D eigenvalue weighted by Gasteiger charge is 2.20. The number of aryl methyl sites for hydroxylation is 1. The van der Waals surface area contributed by atoms with Gasteiger partial charge in [0.25, 0.3) is 0 Å². The summed E-state index contributed by atoms with van der Waals surface area (Å²) in [6.45, 7) is 0. The van der Waals surface area contributed by atoms with Crippen LogP contribution in [0.5, 0.6) is 0 Å². The fraction of sp³-hybridized carbons (Fsp3) is 0.412. The van der Waals surface area contributed by atoms with E-state index in [-0.39, 0.29) is 5.91 Å². The molecule has 0 radical (unpaired) electrons. The molecule has 0 fully saturated rings. The molecule has 1 aliphatic rings. The highest BCUT2D eigenvalue weighted by molar-refractivity contribution is 7.99. The molecule has 0 bridgehead atoms. The zero-order valence-electron chi connectivity index (χ0n) is 12.8. The summed E-state index contributed by atoms with van der Waals surface area (Å²) < 4.78 is 5.28. The van der Waals surface area contributed by atoms with Crippen LogP contribution in [0.25, 0.3) is 0 Å². The Morgan fingerprint density at radius 2 is 2.04 bits per heavy atom. The Hall–Kier alpha value is -1.46. The molecule has 1 amide bonds. The Bertz CT molecular complexity index is 670. The number of amides is 1. The van der Waals surface area contributed by atoms with E-state index in [4.69, 9.17) is 16.1 Å². The molecule has 0 saturated heterocycles. The molecular formula is C17H19ClN2O2S. The van der Waals surface area contributed by atoms with E-state index in [0.29, 0.717) is 12.3 Å². The van der Waals surface area contributed by atoms with Gasteiger partial charge in [-0.1, -0.05) is 16.8 Å². The topological polar surface area (TPSA) is 55.1 Å². The van der Waals surface area contributed by atoms with Gasteiger partial charge in [0.1, 0.15) is 0 Å². The molecule has 4 nitrogen and oxygen atoms in total. The molecule has 1 heterocycles. The van der Waals surface area contributed by atoms with Crippen molar-refractivity contribution in [2.75, 3.05) is 11.1 Å². The van der Waals surface area contributed by atoms with E-state index >= 15 is 0 Å². The first-order chi connectivity index (χ1) is 11.2. The minimum absolute atomic E-state index is 0.00812. The van der Waals surface area contributed by atoms with Gasteiger partial charge in [0, 0.05) is 21.9 Å². The smallest absolute Gasteiger partial charge is 0.234 e. The maximum atomic E-state index is 12.0. The first-order valence-electron chi connectivity index (χ1n) is 7.88. The van der Waals surface area contributed by atoms with E-state index in [1.165, 1.54) is 4.90 Å². The third kappa shape index (κ3) is 4.52. The number of thioether (sulfide) groups is 1. The van der Waals surface area contributed by atoms with Crippen LogP contribution < -0.4 is 5.32 Å². The summed E-state index contributed by atoms with van der Waals surface area (Å²) in [6, 6.07) is 7.75. The first kappa shape index (κ1) is 16.4. The maximum absolute atomic E-state index is 12.0. The first-order valence-corrected chi connectivity index (χ1v) is 9.24. The molecule has 1 aliphatic carbocycles. The van der Waals surface area contributed by atoms with Crippen molar-refractivity contribution in [1.29, 1.82) is 0 Å². The Morgan fingerprint density at radius 3 is 2.87 bits per heavy atom. The number of carbonyl (C=O) groups is 1. The molecule has 0 saturated carbocycles. The van der Waals surface area contributed by atoms with Gasteiger partial charge < -0.3 is 4.52 Å². The number of anilines is 1. The number of carbonyl (C=O) groups excluding carboxylic acids is 1. The minimum atomic E-state index is -0.00812. The van der Waals surface area contributed by atoms with Crippen LogP contribution in [-0.2, 0) is 17.6 Å². The minimum Gasteiger partial charge on any atom is -0.338 e. The van der Waals surface area contributed by atoms with Crippen molar-refractivity contribution in [3.8, 4) is 0 Å². The highest BCUT2D eigenvalue weighted by Crippen LogP contribution is 2.27. The molecule has 0 unspecified atom stereocenters. The van der Waals surface area contributed by atoms with Gasteiger partial charge in [0.2, 0.25) is 11.8 Å². The monoisotopic (exact) mass is 350 g/mol. The molecule has 6 heteroatoms. The molecule has 1 aromatic carbocycles. The number of rotatable bonds is 6. The Labute approximate surface area is 145 Å². The predicted octanol–water partition coefficient (Wildman–Crippen LogP) is 4.72. The van der Waals surface area contributed by atoms with Crippen molar-refractivity contribution < 1.29 is 9.32 Å². The summed E-state index contributed by atoms with van der Waals surface area (Å²) >= 11 is 7.58. The average Bonchev–Trinajstić information content (AvgIpc) is 2.96. The van der Waals surface area contributed by atoms with Crippen molar-refractivity contribution in [2.24, 2.45) is 0 Å². The van der Waals surface area contributed by atoms with Crippen LogP contribution in [0.1, 0.15) is 36.9 Å². The van der Waals surface area contributed by atoms with E-state index in [9.17, 15) is 4.79 Å². The van der Waals surface area contributed by atoms with Crippen molar-refractivity contribution >= 4 is 35.2 Å². The SMILES string of the molecule is O=C(CCCSc1ccc(Cl)cc1)Nc1onc2c1CCCC2. The molecule has 2 aromatic rings. The van der Waals surface area contributed by atoms with Gasteiger partial charge in [-0.15, -0.1) is 11.8 Å². The molecule has 0 atom stereocenters. The normalized spacial score (nSPS) is 13.6. The van der Waals surface area contributed by atoms with Gasteiger partial charge in [-0.25, -0.2) is 0 Å². The van der Waals surface area contributed by atoms with Crippen LogP contribution in [-0.4, -0.2) is 16.8 Å². The second-order valence-electron chi connectivity index (χ2n) is 5.60. The van der Waals surface area contributed by atoms with Gasteiger partial charge in [-0.2, -0.15) is 0 Å². The molecule has 122 valence electrons. The summed E-state index contributed by atoms with van der Waals surface area (Å²) in [4.78, 5) is 13.2. The van der Waals surface area contributed by atoms with Crippen LogP contribution in [0, 0.1) is 0 Å². The average molecular weight is 351 g/mol. The second kappa shape index (κ2) is 7.88. The van der Waals surface area contributed by atoms with Crippen LogP contribution in [0.3, 0.4) is 0 Å². The van der Waals surface area contributed by atoms with E-state index in [2.05, 4.69) is 10.5 Å². The van der Waals surface area contributed by atoms with E-state index in [1.807, 2.05) is 24.3 Å². The quantitative estimate of drug-likeness (QED) is 0.605. The van der Waals surface area contributed by atoms with Crippen molar-refractivity contribution in [2.45, 2.75) is 43.4 Å². The number of benzene rings is 1. The van der Waals surface area contributed by atoms with E-state index in [1.54, 1.807) is 11.8 Å². The number of aromatic nitrogens is 1.